The lowest BCUT2D eigenvalue weighted by Crippen LogP contribution is -2.09. The molecule has 3 heterocycles. The molecule has 1 saturated heterocycles. The molecule has 1 N–H and O–H groups in total. The van der Waals surface area contributed by atoms with Crippen LogP contribution in [-0.2, 0) is 6.42 Å². The molecule has 1 unspecified atom stereocenters. The summed E-state index contributed by atoms with van der Waals surface area (Å²) in [5, 5.41) is 16.7. The fourth-order valence-electron chi connectivity index (χ4n) is 1.99. The highest BCUT2D eigenvalue weighted by molar-refractivity contribution is 7.16. The van der Waals surface area contributed by atoms with Gasteiger partial charge in [-0.3, -0.25) is 0 Å². The van der Waals surface area contributed by atoms with Crippen molar-refractivity contribution in [2.24, 2.45) is 5.92 Å². The largest absolute Gasteiger partial charge is 0.316 e. The first-order valence-corrected chi connectivity index (χ1v) is 6.10. The first-order chi connectivity index (χ1) is 7.42. The molecule has 0 aliphatic carbocycles. The highest BCUT2D eigenvalue weighted by Gasteiger charge is 2.15. The molecule has 80 valence electrons. The SMILES string of the molecule is c1nnc2sc(CCC3CCNC3)nn12. The number of nitrogens with one attached hydrogen (secondary N) is 1. The third-order valence-corrected chi connectivity index (χ3v) is 3.83. The highest BCUT2D eigenvalue weighted by Crippen LogP contribution is 2.18. The van der Waals surface area contributed by atoms with E-state index >= 15 is 0 Å². The second-order valence-electron chi connectivity index (χ2n) is 3.95. The quantitative estimate of drug-likeness (QED) is 0.833. The van der Waals surface area contributed by atoms with Gasteiger partial charge in [-0.05, 0) is 31.8 Å². The Bertz CT molecular complexity index is 413. The van der Waals surface area contributed by atoms with E-state index in [1.807, 2.05) is 0 Å². The van der Waals surface area contributed by atoms with E-state index in [1.54, 1.807) is 22.2 Å². The maximum absolute atomic E-state index is 4.42. The van der Waals surface area contributed by atoms with E-state index in [0.29, 0.717) is 0 Å². The lowest BCUT2D eigenvalue weighted by Gasteiger charge is -2.04. The number of aromatic nitrogens is 4. The van der Waals surface area contributed by atoms with Crippen LogP contribution >= 0.6 is 11.3 Å². The molecule has 0 radical (unpaired) electrons. The van der Waals surface area contributed by atoms with Gasteiger partial charge in [0.1, 0.15) is 11.3 Å². The van der Waals surface area contributed by atoms with Gasteiger partial charge in [0, 0.05) is 6.42 Å². The van der Waals surface area contributed by atoms with Gasteiger partial charge < -0.3 is 5.32 Å². The van der Waals surface area contributed by atoms with Crippen molar-refractivity contribution < 1.29 is 0 Å². The summed E-state index contributed by atoms with van der Waals surface area (Å²) < 4.78 is 1.76. The molecule has 0 spiro atoms. The number of hydrogen-bond donors (Lipinski definition) is 1. The zero-order valence-electron chi connectivity index (χ0n) is 8.39. The van der Waals surface area contributed by atoms with Crippen molar-refractivity contribution in [2.75, 3.05) is 13.1 Å². The molecule has 2 aromatic rings. The van der Waals surface area contributed by atoms with Crippen LogP contribution in [0.1, 0.15) is 17.8 Å². The fraction of sp³-hybridized carbons (Fsp3) is 0.667. The van der Waals surface area contributed by atoms with Gasteiger partial charge in [0.25, 0.3) is 0 Å². The molecular formula is C9H13N5S. The molecule has 3 rings (SSSR count). The summed E-state index contributed by atoms with van der Waals surface area (Å²) in [4.78, 5) is 0.898. The molecule has 0 bridgehead atoms. The fourth-order valence-corrected chi connectivity index (χ4v) is 2.82. The van der Waals surface area contributed by atoms with Crippen molar-refractivity contribution in [3.63, 3.8) is 0 Å². The van der Waals surface area contributed by atoms with Gasteiger partial charge in [-0.2, -0.15) is 9.61 Å². The van der Waals surface area contributed by atoms with Crippen molar-refractivity contribution in [3.8, 4) is 0 Å². The smallest absolute Gasteiger partial charge is 0.234 e. The molecule has 0 amide bonds. The molecule has 5 nitrogen and oxygen atoms in total. The van der Waals surface area contributed by atoms with Gasteiger partial charge in [-0.1, -0.05) is 11.3 Å². The summed E-state index contributed by atoms with van der Waals surface area (Å²) in [6.45, 7) is 2.35. The number of hydrogen-bond acceptors (Lipinski definition) is 5. The Kier molecular flexibility index (Phi) is 2.38. The molecule has 1 aliphatic heterocycles. The van der Waals surface area contributed by atoms with Gasteiger partial charge in [0.15, 0.2) is 0 Å². The Morgan fingerprint density at radius 1 is 1.60 bits per heavy atom. The number of rotatable bonds is 3. The Morgan fingerprint density at radius 2 is 2.60 bits per heavy atom. The Balaban J connectivity index is 1.64. The zero-order valence-corrected chi connectivity index (χ0v) is 9.20. The summed E-state index contributed by atoms with van der Waals surface area (Å²) >= 11 is 1.65. The molecular weight excluding hydrogens is 210 g/mol. The lowest BCUT2D eigenvalue weighted by molar-refractivity contribution is 0.530. The number of aryl methyl sites for hydroxylation is 1. The van der Waals surface area contributed by atoms with E-state index in [2.05, 4.69) is 20.6 Å². The minimum absolute atomic E-state index is 0.833. The second-order valence-corrected chi connectivity index (χ2v) is 4.99. The van der Waals surface area contributed by atoms with Gasteiger partial charge in [0.2, 0.25) is 4.96 Å². The van der Waals surface area contributed by atoms with Crippen LogP contribution < -0.4 is 5.32 Å². The van der Waals surface area contributed by atoms with Crippen LogP contribution in [0, 0.1) is 5.92 Å². The van der Waals surface area contributed by atoms with E-state index in [-0.39, 0.29) is 0 Å². The van der Waals surface area contributed by atoms with Crippen LogP contribution in [-0.4, -0.2) is 32.9 Å². The summed E-state index contributed by atoms with van der Waals surface area (Å²) in [6.07, 6.45) is 5.27. The summed E-state index contributed by atoms with van der Waals surface area (Å²) in [5.74, 6) is 0.833. The van der Waals surface area contributed by atoms with E-state index in [4.69, 9.17) is 0 Å². The number of fused-ring (bicyclic) bond motifs is 1. The third kappa shape index (κ3) is 1.87. The molecule has 1 fully saturated rings. The molecule has 1 atom stereocenters. The predicted molar refractivity (Wildman–Crippen MR) is 58.0 cm³/mol. The summed E-state index contributed by atoms with van der Waals surface area (Å²) in [7, 11) is 0. The Labute approximate surface area is 91.5 Å². The summed E-state index contributed by atoms with van der Waals surface area (Å²) in [5.41, 5.74) is 0. The second kappa shape index (κ2) is 3.86. The normalized spacial score (nSPS) is 21.5. The van der Waals surface area contributed by atoms with Crippen molar-refractivity contribution in [3.05, 3.63) is 11.3 Å². The standard InChI is InChI=1S/C9H13N5S/c1(7-3-4-10-5-7)2-8-13-14-6-11-12-9(14)15-8/h6-7,10H,1-5H2. The van der Waals surface area contributed by atoms with Crippen molar-refractivity contribution in [2.45, 2.75) is 19.3 Å². The molecule has 0 saturated carbocycles. The first kappa shape index (κ1) is 9.23. The Hall–Kier alpha value is -1.01. The minimum atomic E-state index is 0.833. The zero-order chi connectivity index (χ0) is 10.1. The van der Waals surface area contributed by atoms with Crippen LogP contribution in [0.2, 0.25) is 0 Å². The van der Waals surface area contributed by atoms with E-state index in [1.165, 1.54) is 30.9 Å². The average molecular weight is 223 g/mol. The predicted octanol–water partition coefficient (Wildman–Crippen LogP) is 0.728. The van der Waals surface area contributed by atoms with Crippen LogP contribution in [0.5, 0.6) is 0 Å². The van der Waals surface area contributed by atoms with Gasteiger partial charge in [-0.15, -0.1) is 10.2 Å². The maximum atomic E-state index is 4.42. The Morgan fingerprint density at radius 3 is 3.40 bits per heavy atom. The molecule has 0 aromatic carbocycles. The van der Waals surface area contributed by atoms with Gasteiger partial charge in [-0.25, -0.2) is 0 Å². The van der Waals surface area contributed by atoms with E-state index < -0.39 is 0 Å². The summed E-state index contributed by atoms with van der Waals surface area (Å²) in [6, 6.07) is 0. The monoisotopic (exact) mass is 223 g/mol. The van der Waals surface area contributed by atoms with Crippen molar-refractivity contribution in [1.82, 2.24) is 25.1 Å². The highest BCUT2D eigenvalue weighted by atomic mass is 32.1. The van der Waals surface area contributed by atoms with Crippen LogP contribution in [0.15, 0.2) is 6.33 Å². The topological polar surface area (TPSA) is 55.1 Å². The molecule has 15 heavy (non-hydrogen) atoms. The van der Waals surface area contributed by atoms with Crippen molar-refractivity contribution >= 4 is 16.3 Å². The van der Waals surface area contributed by atoms with Crippen LogP contribution in [0.4, 0.5) is 0 Å². The van der Waals surface area contributed by atoms with Crippen LogP contribution in [0.3, 0.4) is 0 Å². The maximum Gasteiger partial charge on any atom is 0.234 e. The molecule has 1 aliphatic rings. The van der Waals surface area contributed by atoms with E-state index in [9.17, 15) is 0 Å². The third-order valence-electron chi connectivity index (χ3n) is 2.86. The first-order valence-electron chi connectivity index (χ1n) is 5.28. The van der Waals surface area contributed by atoms with Crippen LogP contribution in [0.25, 0.3) is 4.96 Å². The number of nitrogens with zero attached hydrogens (tertiary/aromatic N) is 4. The van der Waals surface area contributed by atoms with Gasteiger partial charge >= 0.3 is 0 Å². The average Bonchev–Trinajstić information content (AvgIpc) is 2.91. The minimum Gasteiger partial charge on any atom is -0.316 e. The van der Waals surface area contributed by atoms with Crippen molar-refractivity contribution in [1.29, 1.82) is 0 Å². The molecule has 6 heteroatoms. The van der Waals surface area contributed by atoms with Gasteiger partial charge in [0.05, 0.1) is 0 Å². The van der Waals surface area contributed by atoms with E-state index in [0.717, 1.165) is 17.3 Å². The molecule has 2 aromatic heterocycles. The lowest BCUT2D eigenvalue weighted by atomic mass is 10.0.